The topological polar surface area (TPSA) is 88.0 Å². The van der Waals surface area contributed by atoms with Crippen LogP contribution in [0.3, 0.4) is 0 Å². The standard InChI is InChI=1S/C6H7F2N3O3S/c1-2-11-4(14)9-10-5(11)15-6(7,8)3(12)13/h2H2,1H3,(H,9,14)(H,12,13). The van der Waals surface area contributed by atoms with Crippen LogP contribution >= 0.6 is 11.8 Å². The van der Waals surface area contributed by atoms with Crippen LogP contribution in [0.1, 0.15) is 6.92 Å². The molecular weight excluding hydrogens is 232 g/mol. The molecule has 1 heterocycles. The van der Waals surface area contributed by atoms with Gasteiger partial charge in [-0.3, -0.25) is 4.57 Å². The molecule has 0 saturated carbocycles. The number of halogens is 2. The molecule has 0 unspecified atom stereocenters. The highest BCUT2D eigenvalue weighted by molar-refractivity contribution is 8.00. The van der Waals surface area contributed by atoms with Gasteiger partial charge >= 0.3 is 16.9 Å². The highest BCUT2D eigenvalue weighted by atomic mass is 32.2. The van der Waals surface area contributed by atoms with Crippen molar-refractivity contribution in [1.29, 1.82) is 0 Å². The Hall–Kier alpha value is -1.38. The minimum Gasteiger partial charge on any atom is -0.476 e. The Kier molecular flexibility index (Phi) is 3.12. The van der Waals surface area contributed by atoms with Gasteiger partial charge in [0.15, 0.2) is 5.16 Å². The van der Waals surface area contributed by atoms with Gasteiger partial charge in [-0.15, -0.1) is 5.10 Å². The number of carbonyl (C=O) groups is 1. The molecule has 0 atom stereocenters. The van der Waals surface area contributed by atoms with E-state index in [1.807, 2.05) is 5.10 Å². The van der Waals surface area contributed by atoms with Crippen molar-refractivity contribution in [3.63, 3.8) is 0 Å². The number of nitrogens with zero attached hydrogens (tertiary/aromatic N) is 2. The number of nitrogens with one attached hydrogen (secondary N) is 1. The summed E-state index contributed by atoms with van der Waals surface area (Å²) in [7, 11) is 0. The molecule has 0 aliphatic heterocycles. The second kappa shape index (κ2) is 4.01. The van der Waals surface area contributed by atoms with Crippen LogP contribution in [-0.2, 0) is 11.3 Å². The van der Waals surface area contributed by atoms with Crippen LogP contribution in [0.4, 0.5) is 8.78 Å². The summed E-state index contributed by atoms with van der Waals surface area (Å²) in [4.78, 5) is 21.1. The van der Waals surface area contributed by atoms with Crippen LogP contribution in [0.5, 0.6) is 0 Å². The summed E-state index contributed by atoms with van der Waals surface area (Å²) in [6, 6.07) is 0. The maximum Gasteiger partial charge on any atom is 0.395 e. The molecule has 1 rings (SSSR count). The van der Waals surface area contributed by atoms with Gasteiger partial charge in [0.1, 0.15) is 0 Å². The van der Waals surface area contributed by atoms with E-state index in [2.05, 4.69) is 5.10 Å². The van der Waals surface area contributed by atoms with E-state index in [4.69, 9.17) is 5.11 Å². The Morgan fingerprint density at radius 1 is 1.73 bits per heavy atom. The highest BCUT2D eigenvalue weighted by Crippen LogP contribution is 2.34. The first-order valence-electron chi connectivity index (χ1n) is 3.84. The van der Waals surface area contributed by atoms with Crippen molar-refractivity contribution in [3.05, 3.63) is 10.5 Å². The molecule has 0 aliphatic rings. The first kappa shape index (κ1) is 11.7. The normalized spacial score (nSPS) is 11.7. The average molecular weight is 239 g/mol. The SMILES string of the molecule is CCn1c(SC(F)(F)C(=O)O)n[nH]c1=O. The number of carboxylic acids is 1. The molecule has 15 heavy (non-hydrogen) atoms. The zero-order chi connectivity index (χ0) is 11.6. The second-order valence-electron chi connectivity index (χ2n) is 2.48. The average Bonchev–Trinajstić information content (AvgIpc) is 2.45. The number of H-pyrrole nitrogens is 1. The number of alkyl halides is 2. The first-order valence-corrected chi connectivity index (χ1v) is 4.65. The van der Waals surface area contributed by atoms with Gasteiger partial charge in [-0.05, 0) is 6.92 Å². The summed E-state index contributed by atoms with van der Waals surface area (Å²) in [5, 5.41) is 9.08. The molecule has 0 fully saturated rings. The predicted molar refractivity (Wildman–Crippen MR) is 47.0 cm³/mol. The Morgan fingerprint density at radius 2 is 2.33 bits per heavy atom. The van der Waals surface area contributed by atoms with Gasteiger partial charge in [0.2, 0.25) is 0 Å². The van der Waals surface area contributed by atoms with Gasteiger partial charge in [-0.25, -0.2) is 14.7 Å². The molecule has 0 spiro atoms. The van der Waals surface area contributed by atoms with E-state index < -0.39 is 16.9 Å². The van der Waals surface area contributed by atoms with Crippen molar-refractivity contribution < 1.29 is 18.7 Å². The lowest BCUT2D eigenvalue weighted by Gasteiger charge is -2.09. The summed E-state index contributed by atoms with van der Waals surface area (Å²) in [5.74, 6) is -2.27. The number of rotatable bonds is 4. The maximum absolute atomic E-state index is 12.8. The molecule has 1 aromatic heterocycles. The molecule has 1 aromatic rings. The summed E-state index contributed by atoms with van der Waals surface area (Å²) in [6.07, 6.45) is 0. The summed E-state index contributed by atoms with van der Waals surface area (Å²) in [5.41, 5.74) is -0.652. The number of hydrogen-bond donors (Lipinski definition) is 2. The van der Waals surface area contributed by atoms with Gasteiger partial charge in [0.25, 0.3) is 0 Å². The number of carboxylic acid groups (broad SMARTS) is 1. The van der Waals surface area contributed by atoms with E-state index in [9.17, 15) is 18.4 Å². The van der Waals surface area contributed by atoms with Crippen LogP contribution in [0.2, 0.25) is 0 Å². The maximum atomic E-state index is 12.8. The summed E-state index contributed by atoms with van der Waals surface area (Å²) >= 11 is -0.286. The van der Waals surface area contributed by atoms with Crippen molar-refractivity contribution in [2.24, 2.45) is 0 Å². The third kappa shape index (κ3) is 2.35. The van der Waals surface area contributed by atoms with Crippen molar-refractivity contribution in [2.45, 2.75) is 23.9 Å². The quantitative estimate of drug-likeness (QED) is 0.741. The van der Waals surface area contributed by atoms with Gasteiger partial charge in [-0.2, -0.15) is 8.78 Å². The Balaban J connectivity index is 2.99. The molecular formula is C6H7F2N3O3S. The van der Waals surface area contributed by atoms with Crippen molar-refractivity contribution in [3.8, 4) is 0 Å². The number of thioether (sulfide) groups is 1. The lowest BCUT2D eigenvalue weighted by Crippen LogP contribution is -2.25. The highest BCUT2D eigenvalue weighted by Gasteiger charge is 2.42. The summed E-state index contributed by atoms with van der Waals surface area (Å²) < 4.78 is 26.4. The molecule has 0 saturated heterocycles. The van der Waals surface area contributed by atoms with Gasteiger partial charge in [0.05, 0.1) is 0 Å². The third-order valence-electron chi connectivity index (χ3n) is 1.51. The van der Waals surface area contributed by atoms with Crippen molar-refractivity contribution >= 4 is 17.7 Å². The molecule has 0 aromatic carbocycles. The van der Waals surface area contributed by atoms with E-state index in [-0.39, 0.29) is 23.5 Å². The zero-order valence-corrected chi connectivity index (χ0v) is 8.35. The van der Waals surface area contributed by atoms with Gasteiger partial charge < -0.3 is 5.11 Å². The fraction of sp³-hybridized carbons (Fsp3) is 0.500. The second-order valence-corrected chi connectivity index (χ2v) is 3.56. The molecule has 0 amide bonds. The van der Waals surface area contributed by atoms with Crippen molar-refractivity contribution in [2.75, 3.05) is 0 Å². The predicted octanol–water partition coefficient (Wildman–Crippen LogP) is 0.361. The molecule has 6 nitrogen and oxygen atoms in total. The molecule has 9 heteroatoms. The largest absolute Gasteiger partial charge is 0.476 e. The molecule has 0 bridgehead atoms. The van der Waals surface area contributed by atoms with E-state index in [1.54, 1.807) is 6.92 Å². The van der Waals surface area contributed by atoms with Crippen LogP contribution in [0.25, 0.3) is 0 Å². The van der Waals surface area contributed by atoms with E-state index in [0.717, 1.165) is 4.57 Å². The number of hydrogen-bond acceptors (Lipinski definition) is 4. The lowest BCUT2D eigenvalue weighted by atomic mass is 10.7. The van der Waals surface area contributed by atoms with Crippen molar-refractivity contribution in [1.82, 2.24) is 14.8 Å². The minimum atomic E-state index is -4.00. The Morgan fingerprint density at radius 3 is 2.80 bits per heavy atom. The monoisotopic (exact) mass is 239 g/mol. The Labute approximate surface area is 86.3 Å². The van der Waals surface area contributed by atoms with E-state index in [0.29, 0.717) is 0 Å². The van der Waals surface area contributed by atoms with E-state index >= 15 is 0 Å². The zero-order valence-electron chi connectivity index (χ0n) is 7.53. The van der Waals surface area contributed by atoms with Crippen LogP contribution in [0.15, 0.2) is 9.95 Å². The minimum absolute atomic E-state index is 0.132. The fourth-order valence-corrected chi connectivity index (χ4v) is 1.55. The van der Waals surface area contributed by atoms with Gasteiger partial charge in [-0.1, -0.05) is 0 Å². The molecule has 0 radical (unpaired) electrons. The number of aromatic nitrogens is 3. The first-order chi connectivity index (χ1) is 6.88. The molecule has 84 valence electrons. The van der Waals surface area contributed by atoms with E-state index in [1.165, 1.54) is 0 Å². The van der Waals surface area contributed by atoms with Crippen LogP contribution in [-0.4, -0.2) is 31.1 Å². The number of aromatic amines is 1. The third-order valence-corrected chi connectivity index (χ3v) is 2.43. The van der Waals surface area contributed by atoms with Gasteiger partial charge in [0, 0.05) is 18.3 Å². The molecule has 0 aliphatic carbocycles. The van der Waals surface area contributed by atoms with Crippen LogP contribution in [0, 0.1) is 0 Å². The number of aliphatic carboxylic acids is 1. The van der Waals surface area contributed by atoms with Crippen LogP contribution < -0.4 is 5.69 Å². The lowest BCUT2D eigenvalue weighted by molar-refractivity contribution is -0.152. The smallest absolute Gasteiger partial charge is 0.395 e. The fourth-order valence-electron chi connectivity index (χ4n) is 0.818. The summed E-state index contributed by atoms with van der Waals surface area (Å²) in [6.45, 7) is 1.69. The Bertz CT molecular complexity index is 428. The molecule has 2 N–H and O–H groups in total.